The number of fused-ring (bicyclic) bond motifs is 1. The second kappa shape index (κ2) is 7.93. The number of nitrogens with zero attached hydrogens (tertiary/aromatic N) is 2. The summed E-state index contributed by atoms with van der Waals surface area (Å²) in [5, 5.41) is 2.36. The largest absolute Gasteiger partial charge is 0.441 e. The van der Waals surface area contributed by atoms with Crippen LogP contribution < -0.4 is 0 Å². The van der Waals surface area contributed by atoms with Gasteiger partial charge in [0.05, 0.1) is 10.8 Å². The molecule has 1 aromatic carbocycles. The normalized spacial score (nSPS) is 10.7. The van der Waals surface area contributed by atoms with E-state index >= 15 is 0 Å². The zero-order chi connectivity index (χ0) is 14.2. The number of aliphatic imine (C=N–C) groups is 1. The van der Waals surface area contributed by atoms with Crippen LogP contribution in [0.4, 0.5) is 5.69 Å². The van der Waals surface area contributed by atoms with Crippen LogP contribution in [0.1, 0.15) is 51.3 Å². The third kappa shape index (κ3) is 4.26. The lowest BCUT2D eigenvalue weighted by Gasteiger charge is -1.97. The van der Waals surface area contributed by atoms with E-state index in [-0.39, 0.29) is 0 Å². The summed E-state index contributed by atoms with van der Waals surface area (Å²) in [6, 6.07) is 5.63. The molecular formula is C16H20N2OS. The fourth-order valence-corrected chi connectivity index (χ4v) is 2.35. The fourth-order valence-electron chi connectivity index (χ4n) is 2.25. The van der Waals surface area contributed by atoms with Crippen molar-refractivity contribution in [1.82, 2.24) is 4.98 Å². The van der Waals surface area contributed by atoms with Crippen LogP contribution in [0.25, 0.3) is 11.1 Å². The minimum Gasteiger partial charge on any atom is -0.441 e. The molecule has 0 unspecified atom stereocenters. The van der Waals surface area contributed by atoms with Crippen molar-refractivity contribution in [3.8, 4) is 0 Å². The quantitative estimate of drug-likeness (QED) is 0.367. The number of benzene rings is 1. The first-order valence-corrected chi connectivity index (χ1v) is 7.71. The maximum absolute atomic E-state index is 5.73. The maximum atomic E-state index is 5.73. The van der Waals surface area contributed by atoms with Gasteiger partial charge in [-0.1, -0.05) is 39.0 Å². The molecule has 0 radical (unpaired) electrons. The first kappa shape index (κ1) is 14.9. The van der Waals surface area contributed by atoms with E-state index in [1.54, 1.807) is 0 Å². The van der Waals surface area contributed by atoms with E-state index in [4.69, 9.17) is 4.42 Å². The van der Waals surface area contributed by atoms with Gasteiger partial charge in [0.1, 0.15) is 5.52 Å². The molecular weight excluding hydrogens is 268 g/mol. The monoisotopic (exact) mass is 288 g/mol. The van der Waals surface area contributed by atoms with Crippen molar-refractivity contribution in [3.63, 3.8) is 0 Å². The molecule has 106 valence electrons. The predicted octanol–water partition coefficient (Wildman–Crippen LogP) is 5.47. The number of rotatable bonds is 8. The Hall–Kier alpha value is -1.51. The molecule has 0 aliphatic carbocycles. The van der Waals surface area contributed by atoms with Gasteiger partial charge in [-0.3, -0.25) is 0 Å². The van der Waals surface area contributed by atoms with Crippen molar-refractivity contribution in [2.75, 3.05) is 0 Å². The molecule has 0 saturated heterocycles. The summed E-state index contributed by atoms with van der Waals surface area (Å²) in [6.07, 6.45) is 8.57. The van der Waals surface area contributed by atoms with Gasteiger partial charge >= 0.3 is 0 Å². The molecule has 0 aliphatic heterocycles. The highest BCUT2D eigenvalue weighted by atomic mass is 32.1. The Morgan fingerprint density at radius 1 is 1.20 bits per heavy atom. The first-order valence-electron chi connectivity index (χ1n) is 7.31. The van der Waals surface area contributed by atoms with Gasteiger partial charge in [-0.15, -0.1) is 0 Å². The van der Waals surface area contributed by atoms with Crippen LogP contribution in [-0.2, 0) is 6.42 Å². The summed E-state index contributed by atoms with van der Waals surface area (Å²) >= 11 is 4.60. The number of unbranched alkanes of at least 4 members (excludes halogenated alkanes) is 5. The van der Waals surface area contributed by atoms with Gasteiger partial charge in [-0.2, -0.15) is 4.99 Å². The Morgan fingerprint density at radius 2 is 2.00 bits per heavy atom. The van der Waals surface area contributed by atoms with Gasteiger partial charge in [-0.25, -0.2) is 4.98 Å². The molecule has 0 bridgehead atoms. The van der Waals surface area contributed by atoms with E-state index in [1.165, 1.54) is 32.1 Å². The third-order valence-corrected chi connectivity index (χ3v) is 3.43. The summed E-state index contributed by atoms with van der Waals surface area (Å²) in [5.41, 5.74) is 2.43. The fraction of sp³-hybridized carbons (Fsp3) is 0.500. The molecule has 0 N–H and O–H groups in total. The van der Waals surface area contributed by atoms with E-state index in [2.05, 4.69) is 34.3 Å². The molecule has 2 rings (SSSR count). The second-order valence-electron chi connectivity index (χ2n) is 4.98. The molecule has 0 saturated carbocycles. The third-order valence-electron chi connectivity index (χ3n) is 3.33. The molecule has 1 aromatic heterocycles. The zero-order valence-electron chi connectivity index (χ0n) is 11.9. The van der Waals surface area contributed by atoms with E-state index in [0.717, 1.165) is 35.5 Å². The summed E-state index contributed by atoms with van der Waals surface area (Å²) in [7, 11) is 0. The van der Waals surface area contributed by atoms with Gasteiger partial charge in [0.2, 0.25) is 0 Å². The minimum atomic E-state index is 0.770. The van der Waals surface area contributed by atoms with Crippen molar-refractivity contribution in [3.05, 3.63) is 24.1 Å². The van der Waals surface area contributed by atoms with Crippen molar-refractivity contribution >= 4 is 34.2 Å². The molecule has 0 spiro atoms. The maximum Gasteiger partial charge on any atom is 0.195 e. The topological polar surface area (TPSA) is 38.4 Å². The number of isothiocyanates is 1. The van der Waals surface area contributed by atoms with Crippen molar-refractivity contribution in [2.45, 2.75) is 51.9 Å². The predicted molar refractivity (Wildman–Crippen MR) is 85.8 cm³/mol. The molecule has 0 aliphatic rings. The molecule has 0 atom stereocenters. The zero-order valence-corrected chi connectivity index (χ0v) is 12.7. The first-order chi connectivity index (χ1) is 9.83. The van der Waals surface area contributed by atoms with Gasteiger partial charge in [-0.05, 0) is 36.8 Å². The standard InChI is InChI=1S/C16H20N2OS/c1-2-3-4-5-6-7-8-16-18-14-11-13(17-12-20)9-10-15(14)19-16/h9-11H,2-8H2,1H3. The molecule has 20 heavy (non-hydrogen) atoms. The average Bonchev–Trinajstić information content (AvgIpc) is 2.85. The summed E-state index contributed by atoms with van der Waals surface area (Å²) in [6.45, 7) is 2.24. The van der Waals surface area contributed by atoms with Crippen LogP contribution in [0.3, 0.4) is 0 Å². The lowest BCUT2D eigenvalue weighted by Crippen LogP contribution is -1.86. The number of aromatic nitrogens is 1. The second-order valence-corrected chi connectivity index (χ2v) is 5.16. The van der Waals surface area contributed by atoms with Gasteiger partial charge < -0.3 is 4.42 Å². The molecule has 0 amide bonds. The number of hydrogen-bond acceptors (Lipinski definition) is 4. The highest BCUT2D eigenvalue weighted by molar-refractivity contribution is 7.78. The Bertz CT molecular complexity index is 600. The summed E-state index contributed by atoms with van der Waals surface area (Å²) in [4.78, 5) is 8.45. The van der Waals surface area contributed by atoms with Crippen LogP contribution in [0, 0.1) is 0 Å². The number of oxazole rings is 1. The van der Waals surface area contributed by atoms with Crippen molar-refractivity contribution in [2.24, 2.45) is 4.99 Å². The van der Waals surface area contributed by atoms with E-state index in [1.807, 2.05) is 18.2 Å². The lowest BCUT2D eigenvalue weighted by atomic mass is 10.1. The average molecular weight is 288 g/mol. The highest BCUT2D eigenvalue weighted by Crippen LogP contribution is 2.22. The van der Waals surface area contributed by atoms with Crippen LogP contribution in [0.5, 0.6) is 0 Å². The van der Waals surface area contributed by atoms with E-state index in [0.29, 0.717) is 0 Å². The Morgan fingerprint density at radius 3 is 2.80 bits per heavy atom. The summed E-state index contributed by atoms with van der Waals surface area (Å²) in [5.74, 6) is 0.818. The van der Waals surface area contributed by atoms with Crippen LogP contribution in [0.15, 0.2) is 27.6 Å². The van der Waals surface area contributed by atoms with Crippen molar-refractivity contribution < 1.29 is 4.42 Å². The molecule has 2 aromatic rings. The minimum absolute atomic E-state index is 0.770. The number of hydrogen-bond donors (Lipinski definition) is 0. The highest BCUT2D eigenvalue weighted by Gasteiger charge is 2.06. The Kier molecular flexibility index (Phi) is 5.90. The van der Waals surface area contributed by atoms with E-state index in [9.17, 15) is 0 Å². The van der Waals surface area contributed by atoms with E-state index < -0.39 is 0 Å². The van der Waals surface area contributed by atoms with Gasteiger partial charge in [0.15, 0.2) is 11.5 Å². The van der Waals surface area contributed by atoms with Gasteiger partial charge in [0.25, 0.3) is 0 Å². The van der Waals surface area contributed by atoms with Crippen LogP contribution in [0.2, 0.25) is 0 Å². The molecule has 3 nitrogen and oxygen atoms in total. The molecule has 0 fully saturated rings. The Labute approximate surface area is 125 Å². The number of aryl methyl sites for hydroxylation is 1. The Balaban J connectivity index is 1.89. The van der Waals surface area contributed by atoms with Crippen LogP contribution >= 0.6 is 12.2 Å². The molecule has 1 heterocycles. The SMILES string of the molecule is CCCCCCCCc1nc2cc(N=C=S)ccc2o1. The molecule has 4 heteroatoms. The van der Waals surface area contributed by atoms with Crippen molar-refractivity contribution in [1.29, 1.82) is 0 Å². The van der Waals surface area contributed by atoms with Gasteiger partial charge in [0, 0.05) is 6.42 Å². The smallest absolute Gasteiger partial charge is 0.195 e. The lowest BCUT2D eigenvalue weighted by molar-refractivity contribution is 0.505. The summed E-state index contributed by atoms with van der Waals surface area (Å²) < 4.78 is 5.73. The van der Waals surface area contributed by atoms with Crippen LogP contribution in [-0.4, -0.2) is 10.1 Å². The number of thiocarbonyl (C=S) groups is 1.